The fourth-order valence-corrected chi connectivity index (χ4v) is 2.04. The van der Waals surface area contributed by atoms with E-state index in [1.165, 1.54) is 12.1 Å². The van der Waals surface area contributed by atoms with Gasteiger partial charge < -0.3 is 5.32 Å². The molecule has 0 saturated heterocycles. The Kier molecular flexibility index (Phi) is 4.34. The second kappa shape index (κ2) is 6.19. The monoisotopic (exact) mass is 282 g/mol. The number of nitrogens with zero attached hydrogens (tertiary/aromatic N) is 1. The van der Waals surface area contributed by atoms with Crippen LogP contribution in [-0.4, -0.2) is 5.91 Å². The Hall–Kier alpha value is -2.67. The van der Waals surface area contributed by atoms with Crippen LogP contribution in [0.5, 0.6) is 0 Å². The Labute approximate surface area is 123 Å². The third kappa shape index (κ3) is 3.67. The van der Waals surface area contributed by atoms with E-state index >= 15 is 0 Å². The second-order valence-corrected chi connectivity index (χ2v) is 4.96. The van der Waals surface area contributed by atoms with Crippen molar-refractivity contribution in [3.05, 3.63) is 64.5 Å². The van der Waals surface area contributed by atoms with Gasteiger partial charge in [-0.15, -0.1) is 0 Å². The van der Waals surface area contributed by atoms with Gasteiger partial charge in [0, 0.05) is 0 Å². The van der Waals surface area contributed by atoms with E-state index in [4.69, 9.17) is 5.26 Å². The lowest BCUT2D eigenvalue weighted by atomic mass is 10.0. The van der Waals surface area contributed by atoms with Crippen LogP contribution in [0, 0.1) is 31.0 Å². The molecule has 2 aromatic carbocycles. The normalized spacial score (nSPS) is 10.0. The lowest BCUT2D eigenvalue weighted by molar-refractivity contribution is -0.115. The molecule has 0 radical (unpaired) electrons. The molecule has 0 saturated carbocycles. The number of aryl methyl sites for hydroxylation is 2. The van der Waals surface area contributed by atoms with E-state index in [1.54, 1.807) is 0 Å². The van der Waals surface area contributed by atoms with Crippen LogP contribution in [0.25, 0.3) is 0 Å². The van der Waals surface area contributed by atoms with Gasteiger partial charge in [0.05, 0.1) is 23.7 Å². The Morgan fingerprint density at radius 2 is 2.00 bits per heavy atom. The molecular weight excluding hydrogens is 267 g/mol. The first-order valence-electron chi connectivity index (χ1n) is 6.55. The standard InChI is InChI=1S/C17H15FN2O/c1-11-3-4-12(2)14(7-11)9-17(21)20-16-6-5-13(10-19)8-15(16)18/h3-8H,9H2,1-2H3,(H,20,21). The smallest absolute Gasteiger partial charge is 0.228 e. The highest BCUT2D eigenvalue weighted by Gasteiger charge is 2.10. The van der Waals surface area contributed by atoms with Gasteiger partial charge in [-0.1, -0.05) is 23.8 Å². The lowest BCUT2D eigenvalue weighted by Crippen LogP contribution is -2.16. The van der Waals surface area contributed by atoms with Crippen LogP contribution in [0.2, 0.25) is 0 Å². The number of nitrogens with one attached hydrogen (secondary N) is 1. The summed E-state index contributed by atoms with van der Waals surface area (Å²) >= 11 is 0. The van der Waals surface area contributed by atoms with Crippen molar-refractivity contribution in [1.82, 2.24) is 0 Å². The van der Waals surface area contributed by atoms with Crippen molar-refractivity contribution in [3.8, 4) is 6.07 Å². The summed E-state index contributed by atoms with van der Waals surface area (Å²) in [6, 6.07) is 11.7. The van der Waals surface area contributed by atoms with Crippen molar-refractivity contribution >= 4 is 11.6 Å². The summed E-state index contributed by atoms with van der Waals surface area (Å²) in [6.07, 6.45) is 0.187. The number of hydrogen-bond acceptors (Lipinski definition) is 2. The number of amides is 1. The zero-order valence-corrected chi connectivity index (χ0v) is 11.9. The summed E-state index contributed by atoms with van der Waals surface area (Å²) in [7, 11) is 0. The zero-order valence-electron chi connectivity index (χ0n) is 11.9. The molecule has 3 nitrogen and oxygen atoms in total. The number of nitriles is 1. The van der Waals surface area contributed by atoms with Gasteiger partial charge in [-0.3, -0.25) is 4.79 Å². The molecule has 0 aliphatic heterocycles. The molecule has 0 aromatic heterocycles. The first-order chi connectivity index (χ1) is 9.99. The van der Waals surface area contributed by atoms with Crippen molar-refractivity contribution in [3.63, 3.8) is 0 Å². The van der Waals surface area contributed by atoms with Crippen LogP contribution in [0.15, 0.2) is 36.4 Å². The van der Waals surface area contributed by atoms with E-state index < -0.39 is 5.82 Å². The first kappa shape index (κ1) is 14.7. The minimum atomic E-state index is -0.608. The average molecular weight is 282 g/mol. The minimum Gasteiger partial charge on any atom is -0.323 e. The molecule has 21 heavy (non-hydrogen) atoms. The minimum absolute atomic E-state index is 0.0873. The van der Waals surface area contributed by atoms with Gasteiger partial charge in [-0.05, 0) is 43.2 Å². The molecule has 1 N–H and O–H groups in total. The SMILES string of the molecule is Cc1ccc(C)c(CC(=O)Nc2ccc(C#N)cc2F)c1. The molecule has 0 unspecified atom stereocenters. The zero-order chi connectivity index (χ0) is 15.4. The Bertz CT molecular complexity index is 732. The predicted octanol–water partition coefficient (Wildman–Crippen LogP) is 3.50. The van der Waals surface area contributed by atoms with Crippen molar-refractivity contribution in [1.29, 1.82) is 5.26 Å². The summed E-state index contributed by atoms with van der Waals surface area (Å²) in [6.45, 7) is 3.89. The maximum atomic E-state index is 13.7. The maximum Gasteiger partial charge on any atom is 0.228 e. The molecule has 2 rings (SSSR count). The molecule has 0 aliphatic carbocycles. The predicted molar refractivity (Wildman–Crippen MR) is 79.4 cm³/mol. The highest BCUT2D eigenvalue weighted by molar-refractivity contribution is 5.92. The maximum absolute atomic E-state index is 13.7. The molecule has 0 spiro atoms. The summed E-state index contributed by atoms with van der Waals surface area (Å²) < 4.78 is 13.7. The van der Waals surface area contributed by atoms with Crippen LogP contribution < -0.4 is 5.32 Å². The van der Waals surface area contributed by atoms with Crippen molar-refractivity contribution < 1.29 is 9.18 Å². The molecule has 2 aromatic rings. The number of anilines is 1. The number of rotatable bonds is 3. The van der Waals surface area contributed by atoms with Crippen molar-refractivity contribution in [2.45, 2.75) is 20.3 Å². The van der Waals surface area contributed by atoms with Crippen molar-refractivity contribution in [2.24, 2.45) is 0 Å². The molecule has 0 bridgehead atoms. The van der Waals surface area contributed by atoms with E-state index in [2.05, 4.69) is 5.32 Å². The molecule has 4 heteroatoms. The van der Waals surface area contributed by atoms with Gasteiger partial charge in [-0.25, -0.2) is 4.39 Å². The van der Waals surface area contributed by atoms with E-state index in [1.807, 2.05) is 38.1 Å². The lowest BCUT2D eigenvalue weighted by Gasteiger charge is -2.09. The fourth-order valence-electron chi connectivity index (χ4n) is 2.04. The summed E-state index contributed by atoms with van der Waals surface area (Å²) in [4.78, 5) is 12.0. The van der Waals surface area contributed by atoms with Crippen LogP contribution >= 0.6 is 0 Å². The fraction of sp³-hybridized carbons (Fsp3) is 0.176. The van der Waals surface area contributed by atoms with Gasteiger partial charge >= 0.3 is 0 Å². The summed E-state index contributed by atoms with van der Waals surface area (Å²) in [5.74, 6) is -0.893. The quantitative estimate of drug-likeness (QED) is 0.936. The van der Waals surface area contributed by atoms with E-state index in [9.17, 15) is 9.18 Å². The Morgan fingerprint density at radius 3 is 2.67 bits per heavy atom. The molecule has 106 valence electrons. The van der Waals surface area contributed by atoms with Gasteiger partial charge in [0.2, 0.25) is 5.91 Å². The van der Waals surface area contributed by atoms with Crippen LogP contribution in [0.1, 0.15) is 22.3 Å². The molecule has 0 heterocycles. The third-order valence-corrected chi connectivity index (χ3v) is 3.23. The first-order valence-corrected chi connectivity index (χ1v) is 6.55. The van der Waals surface area contributed by atoms with Gasteiger partial charge in [-0.2, -0.15) is 5.26 Å². The van der Waals surface area contributed by atoms with Crippen LogP contribution in [0.4, 0.5) is 10.1 Å². The molecule has 1 amide bonds. The average Bonchev–Trinajstić information content (AvgIpc) is 2.45. The van der Waals surface area contributed by atoms with Crippen molar-refractivity contribution in [2.75, 3.05) is 5.32 Å². The second-order valence-electron chi connectivity index (χ2n) is 4.96. The summed E-state index contributed by atoms with van der Waals surface area (Å²) in [5, 5.41) is 11.2. The van der Waals surface area contributed by atoms with E-state index in [0.717, 1.165) is 22.8 Å². The van der Waals surface area contributed by atoms with Gasteiger partial charge in [0.25, 0.3) is 0 Å². The van der Waals surface area contributed by atoms with Crippen LogP contribution in [0.3, 0.4) is 0 Å². The topological polar surface area (TPSA) is 52.9 Å². The molecule has 0 fully saturated rings. The number of carbonyl (C=O) groups is 1. The number of carbonyl (C=O) groups excluding carboxylic acids is 1. The van der Waals surface area contributed by atoms with Crippen LogP contribution in [-0.2, 0) is 11.2 Å². The summed E-state index contributed by atoms with van der Waals surface area (Å²) in [5.41, 5.74) is 3.33. The van der Waals surface area contributed by atoms with E-state index in [0.29, 0.717) is 0 Å². The third-order valence-electron chi connectivity index (χ3n) is 3.23. The molecule has 0 aliphatic rings. The number of benzene rings is 2. The van der Waals surface area contributed by atoms with E-state index in [-0.39, 0.29) is 23.6 Å². The molecule has 0 atom stereocenters. The number of halogens is 1. The Morgan fingerprint density at radius 1 is 1.24 bits per heavy atom. The van der Waals surface area contributed by atoms with Gasteiger partial charge in [0.1, 0.15) is 5.82 Å². The largest absolute Gasteiger partial charge is 0.323 e. The Balaban J connectivity index is 2.12. The number of hydrogen-bond donors (Lipinski definition) is 1. The van der Waals surface area contributed by atoms with Gasteiger partial charge in [0.15, 0.2) is 0 Å². The highest BCUT2D eigenvalue weighted by atomic mass is 19.1. The molecular formula is C17H15FN2O. The highest BCUT2D eigenvalue weighted by Crippen LogP contribution is 2.17.